The molecule has 10 nitrogen and oxygen atoms in total. The van der Waals surface area contributed by atoms with Crippen LogP contribution in [0.25, 0.3) is 0 Å². The van der Waals surface area contributed by atoms with Crippen LogP contribution in [0.15, 0.2) is 17.1 Å². The van der Waals surface area contributed by atoms with Crippen LogP contribution in [0.1, 0.15) is 0 Å². The second-order valence-electron chi connectivity index (χ2n) is 4.95. The smallest absolute Gasteiger partial charge is 0.363 e. The van der Waals surface area contributed by atoms with Gasteiger partial charge in [-0.3, -0.25) is 4.90 Å². The SMILES string of the molecule is CS(=O)(=O)N1CCN(CS(=O)(=O)n2ccc(N)nc2=O)CC1. The molecule has 0 amide bonds. The number of nitrogens with zero attached hydrogens (tertiary/aromatic N) is 4. The summed E-state index contributed by atoms with van der Waals surface area (Å²) < 4.78 is 49.1. The fourth-order valence-electron chi connectivity index (χ4n) is 2.10. The van der Waals surface area contributed by atoms with Gasteiger partial charge in [0.15, 0.2) is 0 Å². The molecule has 0 bridgehead atoms. The number of hydrogen-bond acceptors (Lipinski definition) is 8. The van der Waals surface area contributed by atoms with Gasteiger partial charge in [0, 0.05) is 32.4 Å². The Hall–Kier alpha value is -1.50. The molecule has 1 saturated heterocycles. The summed E-state index contributed by atoms with van der Waals surface area (Å²) in [7, 11) is -7.19. The molecule has 2 rings (SSSR count). The molecule has 22 heavy (non-hydrogen) atoms. The molecule has 2 heterocycles. The molecule has 1 aliphatic heterocycles. The molecule has 0 spiro atoms. The fraction of sp³-hybridized carbons (Fsp3) is 0.600. The summed E-state index contributed by atoms with van der Waals surface area (Å²) in [6, 6.07) is 1.22. The van der Waals surface area contributed by atoms with Gasteiger partial charge in [0.05, 0.1) is 6.26 Å². The minimum Gasteiger partial charge on any atom is -0.383 e. The summed E-state index contributed by atoms with van der Waals surface area (Å²) in [5.41, 5.74) is 4.36. The summed E-state index contributed by atoms with van der Waals surface area (Å²) >= 11 is 0. The van der Waals surface area contributed by atoms with Gasteiger partial charge in [0.1, 0.15) is 11.7 Å². The molecule has 1 aromatic heterocycles. The van der Waals surface area contributed by atoms with Gasteiger partial charge in [-0.25, -0.2) is 21.6 Å². The molecule has 0 radical (unpaired) electrons. The molecule has 0 aliphatic carbocycles. The summed E-state index contributed by atoms with van der Waals surface area (Å²) in [5.74, 6) is -0.450. The maximum atomic E-state index is 12.2. The van der Waals surface area contributed by atoms with Crippen LogP contribution in [-0.2, 0) is 20.0 Å². The molecule has 0 saturated carbocycles. The van der Waals surface area contributed by atoms with E-state index in [1.165, 1.54) is 10.4 Å². The minimum absolute atomic E-state index is 0.0572. The van der Waals surface area contributed by atoms with Crippen molar-refractivity contribution in [1.29, 1.82) is 0 Å². The highest BCUT2D eigenvalue weighted by molar-refractivity contribution is 7.89. The Morgan fingerprint density at radius 2 is 1.77 bits per heavy atom. The molecule has 0 unspecified atom stereocenters. The number of piperazine rings is 1. The second-order valence-corrected chi connectivity index (χ2v) is 8.75. The summed E-state index contributed by atoms with van der Waals surface area (Å²) in [6.07, 6.45) is 2.17. The maximum Gasteiger partial charge on any atom is 0.363 e. The zero-order valence-electron chi connectivity index (χ0n) is 11.9. The lowest BCUT2D eigenvalue weighted by Gasteiger charge is -2.32. The first-order valence-corrected chi connectivity index (χ1v) is 9.81. The number of hydrogen-bond donors (Lipinski definition) is 1. The fourth-order valence-corrected chi connectivity index (χ4v) is 4.30. The number of sulfonamides is 1. The number of nitrogens with two attached hydrogens (primary N) is 1. The maximum absolute atomic E-state index is 12.2. The Morgan fingerprint density at radius 3 is 2.27 bits per heavy atom. The van der Waals surface area contributed by atoms with Gasteiger partial charge in [-0.2, -0.15) is 13.3 Å². The molecule has 1 fully saturated rings. The van der Waals surface area contributed by atoms with E-state index in [4.69, 9.17) is 5.73 Å². The third-order valence-electron chi connectivity index (χ3n) is 3.24. The molecule has 1 aliphatic rings. The van der Waals surface area contributed by atoms with Gasteiger partial charge in [0.25, 0.3) is 10.0 Å². The highest BCUT2D eigenvalue weighted by Crippen LogP contribution is 2.08. The minimum atomic E-state index is -3.92. The van der Waals surface area contributed by atoms with Crippen LogP contribution in [0.4, 0.5) is 5.82 Å². The van der Waals surface area contributed by atoms with E-state index in [-0.39, 0.29) is 32.0 Å². The monoisotopic (exact) mass is 351 g/mol. The highest BCUT2D eigenvalue weighted by Gasteiger charge is 2.27. The lowest BCUT2D eigenvalue weighted by atomic mass is 10.4. The number of aromatic nitrogens is 2. The molecular weight excluding hydrogens is 334 g/mol. The van der Waals surface area contributed by atoms with E-state index in [0.717, 1.165) is 12.5 Å². The summed E-state index contributed by atoms with van der Waals surface area (Å²) in [6.45, 7) is 0.958. The summed E-state index contributed by atoms with van der Waals surface area (Å²) in [4.78, 5) is 16.5. The topological polar surface area (TPSA) is 136 Å². The van der Waals surface area contributed by atoms with Crippen molar-refractivity contribution in [3.8, 4) is 0 Å². The first-order chi connectivity index (χ1) is 10.1. The van der Waals surface area contributed by atoms with Crippen LogP contribution in [0.3, 0.4) is 0 Å². The van der Waals surface area contributed by atoms with E-state index in [2.05, 4.69) is 4.98 Å². The average molecular weight is 351 g/mol. The van der Waals surface area contributed by atoms with Crippen LogP contribution < -0.4 is 11.4 Å². The third-order valence-corrected chi connectivity index (χ3v) is 6.11. The van der Waals surface area contributed by atoms with Crippen LogP contribution in [0.2, 0.25) is 0 Å². The lowest BCUT2D eigenvalue weighted by Crippen LogP contribution is -2.50. The van der Waals surface area contributed by atoms with Crippen LogP contribution in [0, 0.1) is 0 Å². The second kappa shape index (κ2) is 5.95. The highest BCUT2D eigenvalue weighted by atomic mass is 32.2. The zero-order chi connectivity index (χ0) is 16.5. The molecule has 124 valence electrons. The van der Waals surface area contributed by atoms with Crippen molar-refractivity contribution in [2.75, 3.05) is 44.0 Å². The van der Waals surface area contributed by atoms with Crippen molar-refractivity contribution in [2.45, 2.75) is 0 Å². The van der Waals surface area contributed by atoms with Crippen molar-refractivity contribution >= 4 is 25.9 Å². The molecule has 12 heteroatoms. The van der Waals surface area contributed by atoms with Gasteiger partial charge >= 0.3 is 5.69 Å². The van der Waals surface area contributed by atoms with Crippen LogP contribution >= 0.6 is 0 Å². The van der Waals surface area contributed by atoms with E-state index in [0.29, 0.717) is 3.97 Å². The van der Waals surface area contributed by atoms with E-state index in [1.54, 1.807) is 4.90 Å². The Balaban J connectivity index is 2.10. The van der Waals surface area contributed by atoms with E-state index in [9.17, 15) is 21.6 Å². The lowest BCUT2D eigenvalue weighted by molar-refractivity contribution is 0.212. The number of nitrogen functional groups attached to an aromatic ring is 1. The predicted molar refractivity (Wildman–Crippen MR) is 80.1 cm³/mol. The molecule has 1 aromatic rings. The molecule has 0 aromatic carbocycles. The van der Waals surface area contributed by atoms with Crippen molar-refractivity contribution < 1.29 is 16.8 Å². The van der Waals surface area contributed by atoms with Crippen LogP contribution in [0.5, 0.6) is 0 Å². The Morgan fingerprint density at radius 1 is 1.18 bits per heavy atom. The molecule has 2 N–H and O–H groups in total. The largest absolute Gasteiger partial charge is 0.383 e. The van der Waals surface area contributed by atoms with Gasteiger partial charge in [-0.05, 0) is 6.07 Å². The predicted octanol–water partition coefficient (Wildman–Crippen LogP) is -2.46. The van der Waals surface area contributed by atoms with Crippen molar-refractivity contribution in [3.63, 3.8) is 0 Å². The first kappa shape index (κ1) is 16.9. The van der Waals surface area contributed by atoms with Crippen LogP contribution in [-0.4, -0.2) is 73.3 Å². The van der Waals surface area contributed by atoms with Gasteiger partial charge in [0.2, 0.25) is 10.0 Å². The van der Waals surface area contributed by atoms with Gasteiger partial charge in [-0.1, -0.05) is 0 Å². The normalized spacial score (nSPS) is 18.4. The zero-order valence-corrected chi connectivity index (χ0v) is 13.5. The molecule has 0 atom stereocenters. The number of anilines is 1. The first-order valence-electron chi connectivity index (χ1n) is 6.35. The Labute approximate surface area is 128 Å². The van der Waals surface area contributed by atoms with E-state index >= 15 is 0 Å². The number of rotatable bonds is 4. The van der Waals surface area contributed by atoms with Crippen molar-refractivity contribution in [1.82, 2.24) is 18.2 Å². The van der Waals surface area contributed by atoms with E-state index in [1.807, 2.05) is 0 Å². The molecular formula is C10H17N5O5S2. The third kappa shape index (κ3) is 3.82. The van der Waals surface area contributed by atoms with E-state index < -0.39 is 31.6 Å². The van der Waals surface area contributed by atoms with Gasteiger partial charge in [-0.15, -0.1) is 0 Å². The Kier molecular flexibility index (Phi) is 4.56. The Bertz CT molecular complexity index is 808. The standard InChI is InChI=1S/C10H17N5O5S2/c1-21(17,18)14-6-4-13(5-7-14)8-22(19,20)15-3-2-9(11)12-10(15)16/h2-3H,4-8H2,1H3,(H2,11,12,16). The summed E-state index contributed by atoms with van der Waals surface area (Å²) in [5, 5.41) is 0. The van der Waals surface area contributed by atoms with Crippen molar-refractivity contribution in [2.24, 2.45) is 0 Å². The quantitative estimate of drug-likeness (QED) is 0.631. The van der Waals surface area contributed by atoms with Gasteiger partial charge < -0.3 is 5.73 Å². The van der Waals surface area contributed by atoms with Crippen molar-refractivity contribution in [3.05, 3.63) is 22.7 Å². The average Bonchev–Trinajstić information content (AvgIpc) is 2.37.